The Morgan fingerprint density at radius 3 is 2.57 bits per heavy atom. The first-order valence-electron chi connectivity index (χ1n) is 15.2. The average molecular weight is 662 g/mol. The Balaban J connectivity index is 1.49. The van der Waals surface area contributed by atoms with Gasteiger partial charge in [-0.3, -0.25) is 10.2 Å². The van der Waals surface area contributed by atoms with Gasteiger partial charge in [0.25, 0.3) is 11.8 Å². The molecule has 248 valence electrons. The van der Waals surface area contributed by atoms with E-state index in [-0.39, 0.29) is 46.6 Å². The Morgan fingerprint density at radius 1 is 1.11 bits per heavy atom. The molecule has 1 saturated heterocycles. The predicted molar refractivity (Wildman–Crippen MR) is 174 cm³/mol. The Morgan fingerprint density at radius 2 is 1.87 bits per heavy atom. The molecule has 1 aliphatic heterocycles. The predicted octanol–water partition coefficient (Wildman–Crippen LogP) is 5.67. The Labute approximate surface area is 277 Å². The van der Waals surface area contributed by atoms with Crippen LogP contribution in [-0.2, 0) is 32.8 Å². The smallest absolute Gasteiger partial charge is 0.408 e. The molecule has 4 aromatic rings. The fourth-order valence-corrected chi connectivity index (χ4v) is 6.31. The van der Waals surface area contributed by atoms with Gasteiger partial charge in [-0.25, -0.2) is 14.8 Å². The van der Waals surface area contributed by atoms with Gasteiger partial charge >= 0.3 is 6.09 Å². The number of hydrogen-bond donors (Lipinski definition) is 2. The van der Waals surface area contributed by atoms with Crippen LogP contribution in [0.1, 0.15) is 84.8 Å². The van der Waals surface area contributed by atoms with E-state index < -0.39 is 17.2 Å². The average Bonchev–Trinajstić information content (AvgIpc) is 3.81. The summed E-state index contributed by atoms with van der Waals surface area (Å²) in [5.41, 5.74) is 0.437. The van der Waals surface area contributed by atoms with E-state index in [0.29, 0.717) is 19.6 Å². The number of rotatable bonds is 10. The van der Waals surface area contributed by atoms with Gasteiger partial charge in [0, 0.05) is 31.0 Å². The van der Waals surface area contributed by atoms with Crippen molar-refractivity contribution in [2.24, 2.45) is 0 Å². The zero-order valence-corrected chi connectivity index (χ0v) is 28.1. The lowest BCUT2D eigenvalue weighted by Gasteiger charge is -2.29. The second-order valence-electron chi connectivity index (χ2n) is 12.5. The molecule has 1 fully saturated rings. The van der Waals surface area contributed by atoms with Crippen LogP contribution >= 0.6 is 11.3 Å². The maximum atomic E-state index is 14.0. The van der Waals surface area contributed by atoms with Crippen molar-refractivity contribution in [1.29, 1.82) is 5.41 Å². The van der Waals surface area contributed by atoms with E-state index in [1.807, 2.05) is 35.7 Å². The number of hydrogen-bond acceptors (Lipinski definition) is 12. The van der Waals surface area contributed by atoms with E-state index in [4.69, 9.17) is 24.0 Å². The van der Waals surface area contributed by atoms with Gasteiger partial charge in [-0.05, 0) is 58.2 Å². The van der Waals surface area contributed by atoms with E-state index in [0.717, 1.165) is 29.1 Å². The van der Waals surface area contributed by atoms with Gasteiger partial charge in [0.05, 0.1) is 25.5 Å². The number of methoxy groups -OCH3 is 2. The molecular formula is C33H39N7O6S. The first-order valence-corrected chi connectivity index (χ1v) is 16.1. The minimum absolute atomic E-state index is 0.00665. The van der Waals surface area contributed by atoms with Crippen molar-refractivity contribution in [3.63, 3.8) is 0 Å². The molecular weight excluding hydrogens is 622 g/mol. The van der Waals surface area contributed by atoms with Gasteiger partial charge in [-0.15, -0.1) is 21.5 Å². The fourth-order valence-electron chi connectivity index (χ4n) is 5.36. The Bertz CT molecular complexity index is 1730. The van der Waals surface area contributed by atoms with Gasteiger partial charge in [0.2, 0.25) is 11.8 Å². The first kappa shape index (κ1) is 33.7. The third kappa shape index (κ3) is 8.00. The summed E-state index contributed by atoms with van der Waals surface area (Å²) in [5.74, 6) is -0.361. The molecule has 0 spiro atoms. The van der Waals surface area contributed by atoms with Crippen molar-refractivity contribution in [1.82, 2.24) is 30.4 Å². The van der Waals surface area contributed by atoms with Crippen LogP contribution in [0.5, 0.6) is 0 Å². The zero-order chi connectivity index (χ0) is 33.8. The number of benzene rings is 1. The van der Waals surface area contributed by atoms with Crippen LogP contribution in [0.3, 0.4) is 0 Å². The van der Waals surface area contributed by atoms with Crippen LogP contribution < -0.4 is 5.32 Å². The number of aromatic nitrogens is 4. The number of nitrogens with zero attached hydrogens (tertiary/aromatic N) is 5. The lowest BCUT2D eigenvalue weighted by atomic mass is 9.92. The molecule has 2 atom stereocenters. The summed E-state index contributed by atoms with van der Waals surface area (Å²) in [7, 11) is 2.98. The van der Waals surface area contributed by atoms with Gasteiger partial charge < -0.3 is 28.8 Å². The largest absolute Gasteiger partial charge is 0.480 e. The molecule has 1 aliphatic rings. The van der Waals surface area contributed by atoms with Crippen LogP contribution in [0.4, 0.5) is 4.79 Å². The SMILES string of the molecule is COCc1csc(C2CCCN2C(=O)c2cc(C(=N)OC)nc(-c3nnc(C(C)(Cc4ccccc4)NC(=O)OC(C)(C)C)o3)c2)n1. The topological polar surface area (TPSA) is 166 Å². The molecule has 2 amide bonds. The normalized spacial score (nSPS) is 16.0. The zero-order valence-electron chi connectivity index (χ0n) is 27.3. The molecule has 14 heteroatoms. The number of alkyl carbamates (subject to hydrolysis) is 1. The Kier molecular flexibility index (Phi) is 10.0. The van der Waals surface area contributed by atoms with Crippen molar-refractivity contribution in [2.45, 2.75) is 70.7 Å². The maximum absolute atomic E-state index is 14.0. The molecule has 0 saturated carbocycles. The second kappa shape index (κ2) is 14.0. The lowest BCUT2D eigenvalue weighted by Crippen LogP contribution is -2.47. The minimum Gasteiger partial charge on any atom is -0.480 e. The molecule has 13 nitrogen and oxygen atoms in total. The summed E-state index contributed by atoms with van der Waals surface area (Å²) in [6.45, 7) is 8.06. The Hall–Kier alpha value is -4.69. The molecule has 4 heterocycles. The number of carbonyl (C=O) groups excluding carboxylic acids is 2. The van der Waals surface area contributed by atoms with Gasteiger partial charge in [-0.2, -0.15) is 0 Å². The van der Waals surface area contributed by atoms with Crippen LogP contribution in [0.2, 0.25) is 0 Å². The third-order valence-electron chi connectivity index (χ3n) is 7.46. The molecule has 3 aromatic heterocycles. The molecule has 47 heavy (non-hydrogen) atoms. The molecule has 0 radical (unpaired) electrons. The monoisotopic (exact) mass is 661 g/mol. The van der Waals surface area contributed by atoms with E-state index in [2.05, 4.69) is 25.5 Å². The van der Waals surface area contributed by atoms with Gasteiger partial charge in [0.1, 0.15) is 27.5 Å². The number of thiazole rings is 1. The number of ether oxygens (including phenoxy) is 3. The fraction of sp³-hybridized carbons (Fsp3) is 0.424. The molecule has 0 aliphatic carbocycles. The molecule has 2 N–H and O–H groups in total. The van der Waals surface area contributed by atoms with Crippen LogP contribution in [0.15, 0.2) is 52.3 Å². The number of carbonyl (C=O) groups is 2. The quantitative estimate of drug-likeness (QED) is 0.160. The van der Waals surface area contributed by atoms with E-state index in [9.17, 15) is 9.59 Å². The maximum Gasteiger partial charge on any atom is 0.408 e. The molecule has 1 aromatic carbocycles. The third-order valence-corrected chi connectivity index (χ3v) is 8.46. The standard InChI is InChI=1S/C33H39N7O6S/c1-32(2,3)46-31(42)37-33(4,17-20-11-8-7-9-12-20)30-39-38-27(45-30)24-16-21(15-23(36-24)26(34)44-6)29(41)40-14-10-13-25(40)28-35-22(18-43-5)19-47-28/h7-9,11-12,15-16,19,25,34H,10,13-14,17-18H2,1-6H3,(H,37,42). The highest BCUT2D eigenvalue weighted by atomic mass is 32.1. The number of pyridine rings is 1. The number of likely N-dealkylation sites (tertiary alicyclic amines) is 1. The van der Waals surface area contributed by atoms with E-state index in [1.54, 1.807) is 45.8 Å². The summed E-state index contributed by atoms with van der Waals surface area (Å²) in [5, 5.41) is 22.6. The summed E-state index contributed by atoms with van der Waals surface area (Å²) in [6, 6.07) is 12.5. The summed E-state index contributed by atoms with van der Waals surface area (Å²) in [4.78, 5) is 38.0. The van der Waals surface area contributed by atoms with Crippen molar-refractivity contribution in [3.05, 3.63) is 81.3 Å². The molecule has 5 rings (SSSR count). The van der Waals surface area contributed by atoms with Gasteiger partial charge in [0.15, 0.2) is 0 Å². The van der Waals surface area contributed by atoms with Gasteiger partial charge in [-0.1, -0.05) is 30.3 Å². The van der Waals surface area contributed by atoms with Crippen LogP contribution in [0.25, 0.3) is 11.6 Å². The van der Waals surface area contributed by atoms with Crippen molar-refractivity contribution in [3.8, 4) is 11.6 Å². The highest BCUT2D eigenvalue weighted by Gasteiger charge is 2.38. The second-order valence-corrected chi connectivity index (χ2v) is 13.3. The first-order chi connectivity index (χ1) is 22.4. The summed E-state index contributed by atoms with van der Waals surface area (Å²) < 4.78 is 22.1. The van der Waals surface area contributed by atoms with Crippen LogP contribution in [0, 0.1) is 5.41 Å². The molecule has 0 bridgehead atoms. The number of amides is 2. The van der Waals surface area contributed by atoms with Crippen molar-refractivity contribution >= 4 is 29.2 Å². The van der Waals surface area contributed by atoms with Crippen molar-refractivity contribution in [2.75, 3.05) is 20.8 Å². The van der Waals surface area contributed by atoms with E-state index >= 15 is 0 Å². The molecule has 2 unspecified atom stereocenters. The summed E-state index contributed by atoms with van der Waals surface area (Å²) >= 11 is 1.50. The minimum atomic E-state index is -1.16. The number of nitrogens with one attached hydrogen (secondary N) is 2. The highest BCUT2D eigenvalue weighted by molar-refractivity contribution is 7.09. The van der Waals surface area contributed by atoms with Crippen molar-refractivity contribution < 1.29 is 28.2 Å². The lowest BCUT2D eigenvalue weighted by molar-refractivity contribution is 0.0443. The van der Waals surface area contributed by atoms with E-state index in [1.165, 1.54) is 24.5 Å². The summed E-state index contributed by atoms with van der Waals surface area (Å²) in [6.07, 6.45) is 1.28. The highest BCUT2D eigenvalue weighted by Crippen LogP contribution is 2.36. The van der Waals surface area contributed by atoms with Crippen LogP contribution in [-0.4, -0.2) is 69.3 Å².